The lowest BCUT2D eigenvalue weighted by Crippen LogP contribution is -2.07. The molecule has 5 heteroatoms. The maximum atomic E-state index is 11.7. The number of alkyl halides is 2. The van der Waals surface area contributed by atoms with Gasteiger partial charge in [-0.05, 0) is 0 Å². The van der Waals surface area contributed by atoms with Gasteiger partial charge in [-0.1, -0.05) is 6.07 Å². The highest BCUT2D eigenvalue weighted by molar-refractivity contribution is 5.19. The molecule has 0 N–H and O–H groups in total. The van der Waals surface area contributed by atoms with Crippen LogP contribution in [-0.2, 0) is 0 Å². The standard InChI is InChI=1S/C8H9F2NO2/c1-12-7-3-2-4-8(11-7)13-5-6(9)10/h2-4,6H,5H2,1H3. The molecule has 0 bridgehead atoms. The van der Waals surface area contributed by atoms with Crippen LogP contribution in [0.25, 0.3) is 0 Å². The molecule has 0 aliphatic carbocycles. The van der Waals surface area contributed by atoms with Crippen molar-refractivity contribution in [1.82, 2.24) is 4.98 Å². The van der Waals surface area contributed by atoms with Crippen molar-refractivity contribution in [1.29, 1.82) is 0 Å². The van der Waals surface area contributed by atoms with E-state index in [4.69, 9.17) is 4.74 Å². The second-order valence-electron chi connectivity index (χ2n) is 2.22. The Morgan fingerprint density at radius 1 is 1.38 bits per heavy atom. The van der Waals surface area contributed by atoms with Gasteiger partial charge in [0, 0.05) is 12.1 Å². The Labute approximate surface area is 74.3 Å². The van der Waals surface area contributed by atoms with Crippen molar-refractivity contribution in [2.24, 2.45) is 0 Å². The van der Waals surface area contributed by atoms with E-state index in [1.165, 1.54) is 13.2 Å². The van der Waals surface area contributed by atoms with Gasteiger partial charge in [0.1, 0.15) is 0 Å². The Hall–Kier alpha value is -1.39. The summed E-state index contributed by atoms with van der Waals surface area (Å²) in [4.78, 5) is 3.79. The third-order valence-corrected chi connectivity index (χ3v) is 1.26. The van der Waals surface area contributed by atoms with Crippen LogP contribution >= 0.6 is 0 Å². The molecule has 0 aliphatic rings. The minimum Gasteiger partial charge on any atom is -0.481 e. The highest BCUT2D eigenvalue weighted by atomic mass is 19.3. The normalized spacial score (nSPS) is 10.2. The smallest absolute Gasteiger partial charge is 0.272 e. The van der Waals surface area contributed by atoms with Crippen molar-refractivity contribution in [2.75, 3.05) is 13.7 Å². The summed E-state index contributed by atoms with van der Waals surface area (Å²) < 4.78 is 32.9. The molecule has 0 atom stereocenters. The molecule has 3 nitrogen and oxygen atoms in total. The van der Waals surface area contributed by atoms with Crippen molar-refractivity contribution in [3.05, 3.63) is 18.2 Å². The molecule has 0 aromatic carbocycles. The highest BCUT2D eigenvalue weighted by Crippen LogP contribution is 2.13. The first-order chi connectivity index (χ1) is 6.22. The summed E-state index contributed by atoms with van der Waals surface area (Å²) in [5.74, 6) is 0.478. The molecule has 72 valence electrons. The number of aromatic nitrogens is 1. The number of methoxy groups -OCH3 is 1. The summed E-state index contributed by atoms with van der Waals surface area (Å²) in [7, 11) is 1.44. The summed E-state index contributed by atoms with van der Waals surface area (Å²) in [6.45, 7) is -0.653. The lowest BCUT2D eigenvalue weighted by molar-refractivity contribution is 0.0792. The van der Waals surface area contributed by atoms with Gasteiger partial charge >= 0.3 is 0 Å². The van der Waals surface area contributed by atoms with Gasteiger partial charge in [0.2, 0.25) is 11.8 Å². The van der Waals surface area contributed by atoms with E-state index < -0.39 is 13.0 Å². The molecule has 0 amide bonds. The number of halogens is 2. The van der Waals surface area contributed by atoms with E-state index in [-0.39, 0.29) is 5.88 Å². The maximum Gasteiger partial charge on any atom is 0.272 e. The largest absolute Gasteiger partial charge is 0.481 e. The van der Waals surface area contributed by atoms with Gasteiger partial charge in [0.05, 0.1) is 7.11 Å². The van der Waals surface area contributed by atoms with Gasteiger partial charge in [-0.15, -0.1) is 0 Å². The fourth-order valence-electron chi connectivity index (χ4n) is 0.738. The van der Waals surface area contributed by atoms with Crippen LogP contribution in [0.5, 0.6) is 11.8 Å². The molecule has 0 saturated carbocycles. The molecule has 0 fully saturated rings. The molecule has 1 aromatic heterocycles. The average molecular weight is 189 g/mol. The maximum absolute atomic E-state index is 11.7. The third-order valence-electron chi connectivity index (χ3n) is 1.26. The van der Waals surface area contributed by atoms with E-state index in [9.17, 15) is 8.78 Å². The number of hydrogen-bond acceptors (Lipinski definition) is 3. The van der Waals surface area contributed by atoms with E-state index >= 15 is 0 Å². The predicted molar refractivity (Wildman–Crippen MR) is 42.3 cm³/mol. The Kier molecular flexibility index (Phi) is 3.42. The van der Waals surface area contributed by atoms with Crippen LogP contribution in [0.2, 0.25) is 0 Å². The molecule has 0 radical (unpaired) electrons. The van der Waals surface area contributed by atoms with E-state index in [0.717, 1.165) is 0 Å². The summed E-state index contributed by atoms with van der Waals surface area (Å²) in [6.07, 6.45) is -2.49. The number of nitrogens with zero attached hydrogens (tertiary/aromatic N) is 1. The summed E-state index contributed by atoms with van der Waals surface area (Å²) >= 11 is 0. The van der Waals surface area contributed by atoms with E-state index in [1.807, 2.05) is 0 Å². The quantitative estimate of drug-likeness (QED) is 0.722. The van der Waals surface area contributed by atoms with Crippen molar-refractivity contribution < 1.29 is 18.3 Å². The number of rotatable bonds is 4. The summed E-state index contributed by atoms with van der Waals surface area (Å²) in [5.41, 5.74) is 0. The van der Waals surface area contributed by atoms with Crippen molar-refractivity contribution in [3.8, 4) is 11.8 Å². The lowest BCUT2D eigenvalue weighted by atomic mass is 10.5. The molecular weight excluding hydrogens is 180 g/mol. The van der Waals surface area contributed by atoms with Crippen LogP contribution in [0.3, 0.4) is 0 Å². The molecular formula is C8H9F2NO2. The fraction of sp³-hybridized carbons (Fsp3) is 0.375. The van der Waals surface area contributed by atoms with Crippen LogP contribution in [0, 0.1) is 0 Å². The predicted octanol–water partition coefficient (Wildman–Crippen LogP) is 1.73. The Morgan fingerprint density at radius 3 is 2.69 bits per heavy atom. The fourth-order valence-corrected chi connectivity index (χ4v) is 0.738. The van der Waals surface area contributed by atoms with Gasteiger partial charge in [0.25, 0.3) is 6.43 Å². The van der Waals surface area contributed by atoms with E-state index in [2.05, 4.69) is 9.72 Å². The first-order valence-corrected chi connectivity index (χ1v) is 3.64. The number of ether oxygens (including phenoxy) is 2. The molecule has 13 heavy (non-hydrogen) atoms. The number of pyridine rings is 1. The zero-order chi connectivity index (χ0) is 9.68. The van der Waals surface area contributed by atoms with Gasteiger partial charge in [-0.3, -0.25) is 0 Å². The van der Waals surface area contributed by atoms with Crippen molar-refractivity contribution in [3.63, 3.8) is 0 Å². The average Bonchev–Trinajstić information content (AvgIpc) is 2.15. The second kappa shape index (κ2) is 4.59. The van der Waals surface area contributed by atoms with Crippen LogP contribution in [-0.4, -0.2) is 25.1 Å². The summed E-state index contributed by atoms with van der Waals surface area (Å²) in [6, 6.07) is 4.72. The van der Waals surface area contributed by atoms with Gasteiger partial charge in [-0.2, -0.15) is 4.98 Å². The van der Waals surface area contributed by atoms with E-state index in [0.29, 0.717) is 5.88 Å². The molecule has 1 aromatic rings. The molecule has 0 unspecified atom stereocenters. The van der Waals surface area contributed by atoms with Crippen molar-refractivity contribution in [2.45, 2.75) is 6.43 Å². The SMILES string of the molecule is COc1cccc(OCC(F)F)n1. The molecule has 1 rings (SSSR count). The lowest BCUT2D eigenvalue weighted by Gasteiger charge is -2.04. The molecule has 0 aliphatic heterocycles. The highest BCUT2D eigenvalue weighted by Gasteiger charge is 2.04. The second-order valence-corrected chi connectivity index (χ2v) is 2.22. The molecule has 0 spiro atoms. The van der Waals surface area contributed by atoms with E-state index in [1.54, 1.807) is 12.1 Å². The minimum atomic E-state index is -2.49. The third kappa shape index (κ3) is 3.23. The first kappa shape index (κ1) is 9.70. The van der Waals surface area contributed by atoms with Crippen LogP contribution in [0.4, 0.5) is 8.78 Å². The van der Waals surface area contributed by atoms with Gasteiger partial charge < -0.3 is 9.47 Å². The zero-order valence-corrected chi connectivity index (χ0v) is 7.04. The van der Waals surface area contributed by atoms with Crippen LogP contribution in [0.15, 0.2) is 18.2 Å². The topological polar surface area (TPSA) is 31.4 Å². The first-order valence-electron chi connectivity index (χ1n) is 3.64. The van der Waals surface area contributed by atoms with Crippen molar-refractivity contribution >= 4 is 0 Å². The monoisotopic (exact) mass is 189 g/mol. The molecule has 1 heterocycles. The summed E-state index contributed by atoms with van der Waals surface area (Å²) in [5, 5.41) is 0. The van der Waals surface area contributed by atoms with Crippen LogP contribution < -0.4 is 9.47 Å². The van der Waals surface area contributed by atoms with Crippen LogP contribution in [0.1, 0.15) is 0 Å². The Balaban J connectivity index is 2.56. The molecule has 0 saturated heterocycles. The zero-order valence-electron chi connectivity index (χ0n) is 7.04. The number of hydrogen-bond donors (Lipinski definition) is 0. The van der Waals surface area contributed by atoms with Gasteiger partial charge in [-0.25, -0.2) is 8.78 Å². The van der Waals surface area contributed by atoms with Gasteiger partial charge in [0.15, 0.2) is 6.61 Å². The Morgan fingerprint density at radius 2 is 2.08 bits per heavy atom. The minimum absolute atomic E-state index is 0.139. The Bertz CT molecular complexity index is 268.